The van der Waals surface area contributed by atoms with Crippen molar-refractivity contribution in [3.63, 3.8) is 0 Å². The molecule has 1 rings (SSSR count). The van der Waals surface area contributed by atoms with E-state index in [4.69, 9.17) is 11.6 Å². The minimum Gasteiger partial charge on any atom is -0.301 e. The van der Waals surface area contributed by atoms with Gasteiger partial charge in [-0.1, -0.05) is 17.7 Å². The van der Waals surface area contributed by atoms with Crippen molar-refractivity contribution in [3.8, 4) is 0 Å². The Morgan fingerprint density at radius 3 is 2.37 bits per heavy atom. The summed E-state index contributed by atoms with van der Waals surface area (Å²) in [6.07, 6.45) is 1.29. The van der Waals surface area contributed by atoms with Gasteiger partial charge in [0.25, 0.3) is 0 Å². The minimum atomic E-state index is -3.07. The number of halogens is 1. The highest BCUT2D eigenvalue weighted by atomic mass is 35.5. The first-order valence-electron chi connectivity index (χ1n) is 6.16. The third kappa shape index (κ3) is 4.48. The van der Waals surface area contributed by atoms with Crippen LogP contribution in [0.4, 0.5) is 0 Å². The summed E-state index contributed by atoms with van der Waals surface area (Å²) in [5, 5.41) is 0.723. The van der Waals surface area contributed by atoms with Crippen LogP contribution in [0.3, 0.4) is 0 Å². The number of hydrogen-bond donors (Lipinski definition) is 0. The van der Waals surface area contributed by atoms with E-state index in [-0.39, 0.29) is 0 Å². The highest BCUT2D eigenvalue weighted by Crippen LogP contribution is 2.20. The van der Waals surface area contributed by atoms with E-state index >= 15 is 0 Å². The van der Waals surface area contributed by atoms with Gasteiger partial charge in [0, 0.05) is 24.4 Å². The molecule has 0 atom stereocenters. The van der Waals surface area contributed by atoms with Gasteiger partial charge in [-0.25, -0.2) is 8.42 Å². The van der Waals surface area contributed by atoms with Crippen molar-refractivity contribution in [1.29, 1.82) is 0 Å². The SMILES string of the molecule is Cc1cc(Cl)ccc1CN(C)CC(C)(C)S(C)(=O)=O. The second-order valence-corrected chi connectivity index (χ2v) is 8.86. The fraction of sp³-hybridized carbons (Fsp3) is 0.571. The van der Waals surface area contributed by atoms with Gasteiger partial charge in [0.1, 0.15) is 0 Å². The molecule has 0 aromatic heterocycles. The van der Waals surface area contributed by atoms with Crippen LogP contribution in [0.2, 0.25) is 5.02 Å². The van der Waals surface area contributed by atoms with Crippen LogP contribution < -0.4 is 0 Å². The van der Waals surface area contributed by atoms with Crippen molar-refractivity contribution in [3.05, 3.63) is 34.3 Å². The number of rotatable bonds is 5. The Balaban J connectivity index is 2.78. The quantitative estimate of drug-likeness (QED) is 0.839. The summed E-state index contributed by atoms with van der Waals surface area (Å²) < 4.78 is 22.7. The average molecular weight is 304 g/mol. The summed E-state index contributed by atoms with van der Waals surface area (Å²) in [5.41, 5.74) is 2.28. The third-order valence-electron chi connectivity index (χ3n) is 3.40. The van der Waals surface area contributed by atoms with Gasteiger partial charge in [0.05, 0.1) is 4.75 Å². The predicted molar refractivity (Wildman–Crippen MR) is 81.4 cm³/mol. The van der Waals surface area contributed by atoms with Crippen LogP contribution in [0.1, 0.15) is 25.0 Å². The largest absolute Gasteiger partial charge is 0.301 e. The minimum absolute atomic E-state index is 0.494. The lowest BCUT2D eigenvalue weighted by Gasteiger charge is -2.29. The van der Waals surface area contributed by atoms with E-state index in [0.717, 1.165) is 16.1 Å². The van der Waals surface area contributed by atoms with E-state index in [0.29, 0.717) is 13.1 Å². The van der Waals surface area contributed by atoms with Crippen LogP contribution in [-0.4, -0.2) is 37.9 Å². The molecule has 0 saturated heterocycles. The monoisotopic (exact) mass is 303 g/mol. The second kappa shape index (κ2) is 5.81. The maximum Gasteiger partial charge on any atom is 0.153 e. The molecule has 5 heteroatoms. The third-order valence-corrected chi connectivity index (χ3v) is 5.77. The van der Waals surface area contributed by atoms with Gasteiger partial charge in [-0.05, 0) is 51.1 Å². The first-order valence-corrected chi connectivity index (χ1v) is 8.43. The van der Waals surface area contributed by atoms with E-state index in [9.17, 15) is 8.42 Å². The number of sulfone groups is 1. The fourth-order valence-corrected chi connectivity index (χ4v) is 2.63. The van der Waals surface area contributed by atoms with Gasteiger partial charge in [-0.3, -0.25) is 0 Å². The van der Waals surface area contributed by atoms with E-state index < -0.39 is 14.6 Å². The van der Waals surface area contributed by atoms with Gasteiger partial charge in [0.2, 0.25) is 0 Å². The molecule has 1 aromatic rings. The standard InChI is InChI=1S/C14H22ClNO2S/c1-11-8-13(15)7-6-12(11)9-16(4)10-14(2,3)19(5,17)18/h6-8H,9-10H2,1-5H3. The normalized spacial score (nSPS) is 13.0. The van der Waals surface area contributed by atoms with Crippen molar-refractivity contribution >= 4 is 21.4 Å². The lowest BCUT2D eigenvalue weighted by molar-refractivity contribution is 0.296. The number of hydrogen-bond acceptors (Lipinski definition) is 3. The molecule has 3 nitrogen and oxygen atoms in total. The Hall–Kier alpha value is -0.580. The summed E-state index contributed by atoms with van der Waals surface area (Å²) in [6.45, 7) is 6.73. The molecule has 0 aliphatic carbocycles. The highest BCUT2D eigenvalue weighted by Gasteiger charge is 2.31. The Bertz CT molecular complexity index is 553. The first-order chi connectivity index (χ1) is 8.53. The Labute approximate surface area is 121 Å². The van der Waals surface area contributed by atoms with Gasteiger partial charge >= 0.3 is 0 Å². The van der Waals surface area contributed by atoms with Crippen molar-refractivity contribution in [2.75, 3.05) is 19.8 Å². The molecule has 0 amide bonds. The summed E-state index contributed by atoms with van der Waals surface area (Å²) in [5.74, 6) is 0. The smallest absolute Gasteiger partial charge is 0.153 e. The Morgan fingerprint density at radius 1 is 1.32 bits per heavy atom. The molecule has 108 valence electrons. The summed E-state index contributed by atoms with van der Waals surface area (Å²) in [7, 11) is -1.14. The molecule has 0 heterocycles. The molecule has 0 aliphatic heterocycles. The van der Waals surface area contributed by atoms with Crippen molar-refractivity contribution < 1.29 is 8.42 Å². The molecule has 0 bridgehead atoms. The highest BCUT2D eigenvalue weighted by molar-refractivity contribution is 7.92. The summed E-state index contributed by atoms with van der Waals surface area (Å²) >= 11 is 5.93. The molecule has 19 heavy (non-hydrogen) atoms. The number of nitrogens with zero attached hydrogens (tertiary/aromatic N) is 1. The summed E-state index contributed by atoms with van der Waals surface area (Å²) in [6, 6.07) is 5.77. The predicted octanol–water partition coefficient (Wildman–Crippen LogP) is 2.90. The second-order valence-electron chi connectivity index (χ2n) is 5.77. The average Bonchev–Trinajstić information content (AvgIpc) is 2.19. The van der Waals surface area contributed by atoms with Gasteiger partial charge < -0.3 is 4.90 Å². The number of aryl methyl sites for hydroxylation is 1. The molecule has 0 saturated carbocycles. The lowest BCUT2D eigenvalue weighted by atomic mass is 10.1. The molecule has 0 radical (unpaired) electrons. The maximum absolute atomic E-state index is 11.7. The Kier molecular flexibility index (Phi) is 5.04. The zero-order chi connectivity index (χ0) is 14.8. The van der Waals surface area contributed by atoms with Gasteiger partial charge in [-0.15, -0.1) is 0 Å². The molecule has 0 N–H and O–H groups in total. The van der Waals surface area contributed by atoms with Crippen LogP contribution in [-0.2, 0) is 16.4 Å². The maximum atomic E-state index is 11.7. The van der Waals surface area contributed by atoms with Crippen LogP contribution >= 0.6 is 11.6 Å². The molecule has 0 spiro atoms. The number of benzene rings is 1. The van der Waals surface area contributed by atoms with Crippen LogP contribution in [0, 0.1) is 6.92 Å². The zero-order valence-corrected chi connectivity index (χ0v) is 13.8. The van der Waals surface area contributed by atoms with E-state index in [1.165, 1.54) is 6.26 Å². The van der Waals surface area contributed by atoms with Crippen molar-refractivity contribution in [2.45, 2.75) is 32.1 Å². The van der Waals surface area contributed by atoms with Crippen molar-refractivity contribution in [2.24, 2.45) is 0 Å². The zero-order valence-electron chi connectivity index (χ0n) is 12.2. The molecule has 0 fully saturated rings. The topological polar surface area (TPSA) is 37.4 Å². The molecular formula is C14H22ClNO2S. The fourth-order valence-electron chi connectivity index (χ4n) is 1.95. The molecule has 1 aromatic carbocycles. The Morgan fingerprint density at radius 2 is 1.89 bits per heavy atom. The van der Waals surface area contributed by atoms with E-state index in [2.05, 4.69) is 0 Å². The van der Waals surface area contributed by atoms with Crippen LogP contribution in [0.15, 0.2) is 18.2 Å². The lowest BCUT2D eigenvalue weighted by Crippen LogP contribution is -2.42. The van der Waals surface area contributed by atoms with Gasteiger partial charge in [0.15, 0.2) is 9.84 Å². The summed E-state index contributed by atoms with van der Waals surface area (Å²) in [4.78, 5) is 2.03. The molecule has 0 aliphatic rings. The molecule has 0 unspecified atom stereocenters. The van der Waals surface area contributed by atoms with E-state index in [1.54, 1.807) is 13.8 Å². The van der Waals surface area contributed by atoms with Crippen molar-refractivity contribution in [1.82, 2.24) is 4.90 Å². The molecular weight excluding hydrogens is 282 g/mol. The van der Waals surface area contributed by atoms with Gasteiger partial charge in [-0.2, -0.15) is 0 Å². The van der Waals surface area contributed by atoms with E-state index in [1.807, 2.05) is 37.1 Å². The first kappa shape index (κ1) is 16.5. The van der Waals surface area contributed by atoms with Crippen LogP contribution in [0.25, 0.3) is 0 Å². The van der Waals surface area contributed by atoms with Crippen LogP contribution in [0.5, 0.6) is 0 Å².